The monoisotopic (exact) mass is 265 g/mol. The number of fused-ring (bicyclic) bond motifs is 1. The fourth-order valence-corrected chi connectivity index (χ4v) is 1.76. The van der Waals surface area contributed by atoms with Gasteiger partial charge < -0.3 is 15.4 Å². The number of rotatable bonds is 4. The Morgan fingerprint density at radius 3 is 2.89 bits per heavy atom. The molecular formula is C12H12FN3O3. The number of aromatic amines is 1. The summed E-state index contributed by atoms with van der Waals surface area (Å²) in [5.74, 6) is -2.39. The molecule has 0 fully saturated rings. The standard InChI is InChI=1S/C12H12FN3O3/c1-2-8(12(18)19)16-11(17)7-3-6(13)4-9-10(7)15-5-14-9/h3-5,8H,2H2,1H3,(H,14,15)(H,16,17)(H,18,19). The Morgan fingerprint density at radius 2 is 2.26 bits per heavy atom. The molecule has 19 heavy (non-hydrogen) atoms. The Labute approximate surface area is 107 Å². The summed E-state index contributed by atoms with van der Waals surface area (Å²) in [6, 6.07) is 1.24. The Hall–Kier alpha value is -2.44. The van der Waals surface area contributed by atoms with Gasteiger partial charge in [0.2, 0.25) is 0 Å². The maximum Gasteiger partial charge on any atom is 0.326 e. The van der Waals surface area contributed by atoms with Crippen LogP contribution in [-0.2, 0) is 4.79 Å². The number of carboxylic acid groups (broad SMARTS) is 1. The molecule has 2 rings (SSSR count). The number of amides is 1. The molecule has 1 atom stereocenters. The smallest absolute Gasteiger partial charge is 0.326 e. The number of nitrogens with zero attached hydrogens (tertiary/aromatic N) is 1. The van der Waals surface area contributed by atoms with E-state index in [2.05, 4.69) is 15.3 Å². The van der Waals surface area contributed by atoms with Crippen molar-refractivity contribution in [2.24, 2.45) is 0 Å². The van der Waals surface area contributed by atoms with Crippen LogP contribution in [-0.4, -0.2) is 33.0 Å². The molecule has 1 aromatic carbocycles. The first-order valence-electron chi connectivity index (χ1n) is 5.69. The van der Waals surface area contributed by atoms with E-state index in [9.17, 15) is 14.0 Å². The van der Waals surface area contributed by atoms with Crippen LogP contribution in [0.25, 0.3) is 11.0 Å². The Kier molecular flexibility index (Phi) is 3.46. The van der Waals surface area contributed by atoms with Crippen LogP contribution in [0.15, 0.2) is 18.5 Å². The van der Waals surface area contributed by atoms with E-state index < -0.39 is 23.7 Å². The molecule has 0 aliphatic heterocycles. The summed E-state index contributed by atoms with van der Waals surface area (Å²) in [6.45, 7) is 1.63. The van der Waals surface area contributed by atoms with Crippen molar-refractivity contribution in [3.63, 3.8) is 0 Å². The molecule has 0 saturated heterocycles. The van der Waals surface area contributed by atoms with Crippen molar-refractivity contribution in [3.05, 3.63) is 29.8 Å². The highest BCUT2D eigenvalue weighted by Crippen LogP contribution is 2.17. The van der Waals surface area contributed by atoms with E-state index >= 15 is 0 Å². The Balaban J connectivity index is 2.36. The van der Waals surface area contributed by atoms with Gasteiger partial charge in [-0.05, 0) is 18.6 Å². The molecule has 1 amide bonds. The van der Waals surface area contributed by atoms with E-state index in [4.69, 9.17) is 5.11 Å². The molecule has 6 nitrogen and oxygen atoms in total. The van der Waals surface area contributed by atoms with E-state index in [0.717, 1.165) is 6.07 Å². The number of H-pyrrole nitrogens is 1. The first-order valence-corrected chi connectivity index (χ1v) is 5.69. The van der Waals surface area contributed by atoms with Crippen molar-refractivity contribution in [1.29, 1.82) is 0 Å². The molecule has 0 saturated carbocycles. The number of hydrogen-bond donors (Lipinski definition) is 3. The molecule has 0 radical (unpaired) electrons. The van der Waals surface area contributed by atoms with E-state index in [0.29, 0.717) is 11.0 Å². The van der Waals surface area contributed by atoms with Gasteiger partial charge in [0.1, 0.15) is 17.4 Å². The van der Waals surface area contributed by atoms with E-state index in [1.807, 2.05) is 0 Å². The molecule has 2 aromatic rings. The number of carbonyl (C=O) groups is 2. The molecule has 100 valence electrons. The molecule has 1 aromatic heterocycles. The summed E-state index contributed by atoms with van der Waals surface area (Å²) in [7, 11) is 0. The average molecular weight is 265 g/mol. The number of carbonyl (C=O) groups excluding carboxylic acids is 1. The number of halogens is 1. The predicted molar refractivity (Wildman–Crippen MR) is 65.2 cm³/mol. The second-order valence-electron chi connectivity index (χ2n) is 4.02. The zero-order chi connectivity index (χ0) is 14.0. The minimum Gasteiger partial charge on any atom is -0.480 e. The fraction of sp³-hybridized carbons (Fsp3) is 0.250. The summed E-state index contributed by atoms with van der Waals surface area (Å²) in [5.41, 5.74) is 0.698. The van der Waals surface area contributed by atoms with Crippen molar-refractivity contribution in [2.45, 2.75) is 19.4 Å². The second-order valence-corrected chi connectivity index (χ2v) is 4.02. The molecule has 7 heteroatoms. The van der Waals surface area contributed by atoms with E-state index in [1.54, 1.807) is 6.92 Å². The third-order valence-electron chi connectivity index (χ3n) is 2.74. The second kappa shape index (κ2) is 5.05. The molecule has 0 aliphatic rings. The van der Waals surface area contributed by atoms with Crippen LogP contribution < -0.4 is 5.32 Å². The zero-order valence-electron chi connectivity index (χ0n) is 10.1. The first kappa shape index (κ1) is 13.0. The van der Waals surface area contributed by atoms with Crippen LogP contribution >= 0.6 is 0 Å². The van der Waals surface area contributed by atoms with Crippen LogP contribution in [0, 0.1) is 5.82 Å². The third kappa shape index (κ3) is 2.54. The van der Waals surface area contributed by atoms with E-state index in [-0.39, 0.29) is 12.0 Å². The van der Waals surface area contributed by atoms with Crippen molar-refractivity contribution in [3.8, 4) is 0 Å². The minimum absolute atomic E-state index is 0.0101. The van der Waals surface area contributed by atoms with Crippen LogP contribution in [0.2, 0.25) is 0 Å². The van der Waals surface area contributed by atoms with E-state index in [1.165, 1.54) is 12.4 Å². The largest absolute Gasteiger partial charge is 0.480 e. The summed E-state index contributed by atoms with van der Waals surface area (Å²) < 4.78 is 13.4. The SMILES string of the molecule is CCC(NC(=O)c1cc(F)cc2[nH]cnc12)C(=O)O. The highest BCUT2D eigenvalue weighted by Gasteiger charge is 2.21. The number of aliphatic carboxylic acids is 1. The van der Waals surface area contributed by atoms with Crippen molar-refractivity contribution in [2.75, 3.05) is 0 Å². The Morgan fingerprint density at radius 1 is 1.53 bits per heavy atom. The topological polar surface area (TPSA) is 95.1 Å². The number of hydrogen-bond acceptors (Lipinski definition) is 3. The lowest BCUT2D eigenvalue weighted by atomic mass is 10.1. The van der Waals surface area contributed by atoms with Gasteiger partial charge in [-0.15, -0.1) is 0 Å². The lowest BCUT2D eigenvalue weighted by Crippen LogP contribution is -2.40. The highest BCUT2D eigenvalue weighted by atomic mass is 19.1. The average Bonchev–Trinajstić information content (AvgIpc) is 2.81. The van der Waals surface area contributed by atoms with Gasteiger partial charge >= 0.3 is 5.97 Å². The number of carboxylic acids is 1. The number of nitrogens with one attached hydrogen (secondary N) is 2. The van der Waals surface area contributed by atoms with Gasteiger partial charge in [-0.2, -0.15) is 0 Å². The molecule has 0 aliphatic carbocycles. The number of aromatic nitrogens is 2. The third-order valence-corrected chi connectivity index (χ3v) is 2.74. The van der Waals surface area contributed by atoms with Gasteiger partial charge in [0, 0.05) is 0 Å². The molecule has 1 heterocycles. The molecule has 0 bridgehead atoms. The van der Waals surface area contributed by atoms with Gasteiger partial charge in [-0.3, -0.25) is 4.79 Å². The van der Waals surface area contributed by atoms with Crippen molar-refractivity contribution in [1.82, 2.24) is 15.3 Å². The highest BCUT2D eigenvalue weighted by molar-refractivity contribution is 6.05. The zero-order valence-corrected chi connectivity index (χ0v) is 10.1. The van der Waals surface area contributed by atoms with Crippen molar-refractivity contribution >= 4 is 22.9 Å². The molecular weight excluding hydrogens is 253 g/mol. The molecule has 0 spiro atoms. The number of benzene rings is 1. The first-order chi connectivity index (χ1) is 9.02. The summed E-state index contributed by atoms with van der Waals surface area (Å²) >= 11 is 0. The van der Waals surface area contributed by atoms with Gasteiger partial charge in [0.15, 0.2) is 0 Å². The predicted octanol–water partition coefficient (Wildman–Crippen LogP) is 1.29. The fourth-order valence-electron chi connectivity index (χ4n) is 1.76. The summed E-state index contributed by atoms with van der Waals surface area (Å²) in [4.78, 5) is 29.5. The number of imidazole rings is 1. The Bertz CT molecular complexity index is 638. The van der Waals surface area contributed by atoms with Gasteiger partial charge in [0.25, 0.3) is 5.91 Å². The van der Waals surface area contributed by atoms with Crippen LogP contribution in [0.4, 0.5) is 4.39 Å². The van der Waals surface area contributed by atoms with Crippen LogP contribution in [0.3, 0.4) is 0 Å². The molecule has 3 N–H and O–H groups in total. The normalized spacial score (nSPS) is 12.3. The minimum atomic E-state index is -1.13. The molecule has 1 unspecified atom stereocenters. The van der Waals surface area contributed by atoms with Gasteiger partial charge in [-0.1, -0.05) is 6.92 Å². The lowest BCUT2D eigenvalue weighted by Gasteiger charge is -2.12. The van der Waals surface area contributed by atoms with Crippen LogP contribution in [0.5, 0.6) is 0 Å². The lowest BCUT2D eigenvalue weighted by molar-refractivity contribution is -0.139. The van der Waals surface area contributed by atoms with Crippen LogP contribution in [0.1, 0.15) is 23.7 Å². The summed E-state index contributed by atoms with van der Waals surface area (Å²) in [6.07, 6.45) is 1.58. The maximum atomic E-state index is 13.4. The quantitative estimate of drug-likeness (QED) is 0.776. The van der Waals surface area contributed by atoms with Gasteiger partial charge in [-0.25, -0.2) is 14.2 Å². The maximum absolute atomic E-state index is 13.4. The summed E-state index contributed by atoms with van der Waals surface area (Å²) in [5, 5.41) is 11.2. The van der Waals surface area contributed by atoms with Crippen molar-refractivity contribution < 1.29 is 19.1 Å². The van der Waals surface area contributed by atoms with Gasteiger partial charge in [0.05, 0.1) is 17.4 Å².